The number of nitrogens with one attached hydrogen (secondary N) is 1. The van der Waals surface area contributed by atoms with Crippen molar-refractivity contribution in [2.24, 2.45) is 0 Å². The van der Waals surface area contributed by atoms with Crippen LogP contribution in [0.25, 0.3) is 0 Å². The molecule has 2 aromatic carbocycles. The van der Waals surface area contributed by atoms with Crippen molar-refractivity contribution < 1.29 is 40.7 Å². The molecule has 1 atom stereocenters. The van der Waals surface area contributed by atoms with Gasteiger partial charge >= 0.3 is 18.1 Å². The summed E-state index contributed by atoms with van der Waals surface area (Å²) in [7, 11) is -4.36. The molecule has 0 unspecified atom stereocenters. The molecule has 0 aliphatic carbocycles. The molecule has 1 fully saturated rings. The molecule has 0 saturated carbocycles. The van der Waals surface area contributed by atoms with Crippen molar-refractivity contribution in [3.63, 3.8) is 0 Å². The molecule has 1 heterocycles. The average molecular weight is 464 g/mol. The summed E-state index contributed by atoms with van der Waals surface area (Å²) in [5, 5.41) is -0.135. The van der Waals surface area contributed by atoms with Gasteiger partial charge in [0.2, 0.25) is 6.10 Å². The quantitative estimate of drug-likeness (QED) is 0.680. The normalized spacial score (nSPS) is 16.8. The van der Waals surface area contributed by atoms with Crippen molar-refractivity contribution in [3.8, 4) is 0 Å². The number of carbonyl (C=O) groups excluding carboxylic acids is 2. The number of cyclic esters (lactones) is 1. The first-order valence-corrected chi connectivity index (χ1v) is 10.2. The lowest BCUT2D eigenvalue weighted by atomic mass is 10.2. The summed E-state index contributed by atoms with van der Waals surface area (Å²) < 4.78 is 75.3. The van der Waals surface area contributed by atoms with Gasteiger partial charge in [0.05, 0.1) is 27.7 Å². The van der Waals surface area contributed by atoms with Gasteiger partial charge in [-0.1, -0.05) is 17.7 Å². The summed E-state index contributed by atoms with van der Waals surface area (Å²) in [6, 6.07) is 6.71. The molecule has 2 aromatic rings. The fourth-order valence-electron chi connectivity index (χ4n) is 2.58. The van der Waals surface area contributed by atoms with Crippen LogP contribution in [0.2, 0.25) is 5.02 Å². The zero-order valence-corrected chi connectivity index (χ0v) is 16.5. The number of sulfonamides is 1. The Morgan fingerprint density at radius 3 is 2.57 bits per heavy atom. The Balaban J connectivity index is 1.85. The summed E-state index contributed by atoms with van der Waals surface area (Å²) >= 11 is 5.94. The van der Waals surface area contributed by atoms with Crippen molar-refractivity contribution in [1.82, 2.24) is 0 Å². The number of alkyl halides is 3. The summed E-state index contributed by atoms with van der Waals surface area (Å²) in [4.78, 5) is 23.3. The average Bonchev–Trinajstić information content (AvgIpc) is 3.05. The van der Waals surface area contributed by atoms with Crippen molar-refractivity contribution in [2.75, 3.05) is 11.3 Å². The minimum atomic E-state index is -4.65. The zero-order chi connectivity index (χ0) is 22.1. The number of anilines is 1. The minimum Gasteiger partial charge on any atom is -0.463 e. The third kappa shape index (κ3) is 4.85. The number of hydrogen-bond donors (Lipinski definition) is 1. The van der Waals surface area contributed by atoms with Gasteiger partial charge in [0, 0.05) is 12.1 Å². The molecular weight excluding hydrogens is 451 g/mol. The number of halogens is 4. The lowest BCUT2D eigenvalue weighted by Crippen LogP contribution is -2.23. The van der Waals surface area contributed by atoms with Gasteiger partial charge in [-0.05, 0) is 36.4 Å². The molecular formula is C18H13ClF3NO6S. The molecule has 1 N–H and O–H groups in total. The Bertz CT molecular complexity index is 1100. The summed E-state index contributed by atoms with van der Waals surface area (Å²) in [6.45, 7) is 0.0832. The fourth-order valence-corrected chi connectivity index (χ4v) is 3.85. The van der Waals surface area contributed by atoms with Crippen LogP contribution in [-0.2, 0) is 30.5 Å². The molecule has 12 heteroatoms. The highest BCUT2D eigenvalue weighted by Gasteiger charge is 2.32. The summed E-state index contributed by atoms with van der Waals surface area (Å²) in [5.41, 5.74) is -1.69. The highest BCUT2D eigenvalue weighted by molar-refractivity contribution is 7.92. The van der Waals surface area contributed by atoms with Crippen LogP contribution in [0.3, 0.4) is 0 Å². The molecule has 0 bridgehead atoms. The van der Waals surface area contributed by atoms with Crippen molar-refractivity contribution in [3.05, 3.63) is 58.6 Å². The molecule has 7 nitrogen and oxygen atoms in total. The van der Waals surface area contributed by atoms with Crippen LogP contribution in [0.15, 0.2) is 47.4 Å². The Labute approximate surface area is 173 Å². The van der Waals surface area contributed by atoms with Gasteiger partial charge < -0.3 is 9.47 Å². The SMILES string of the molecule is O=C(O[C@H]1CCOC1=O)c1cc(S(=O)(=O)Nc2cccc(C(F)(F)F)c2)ccc1Cl. The highest BCUT2D eigenvalue weighted by Crippen LogP contribution is 2.31. The van der Waals surface area contributed by atoms with Crippen molar-refractivity contribution in [1.29, 1.82) is 0 Å². The minimum absolute atomic E-state index is 0.0832. The Morgan fingerprint density at radius 2 is 1.93 bits per heavy atom. The van der Waals surface area contributed by atoms with Gasteiger partial charge in [0.25, 0.3) is 10.0 Å². The molecule has 3 rings (SSSR count). The Hall–Kier alpha value is -2.79. The topological polar surface area (TPSA) is 98.8 Å². The lowest BCUT2D eigenvalue weighted by molar-refractivity contribution is -0.145. The molecule has 30 heavy (non-hydrogen) atoms. The third-order valence-electron chi connectivity index (χ3n) is 4.05. The molecule has 0 aromatic heterocycles. The summed E-state index contributed by atoms with van der Waals surface area (Å²) in [6.07, 6.45) is -5.63. The lowest BCUT2D eigenvalue weighted by Gasteiger charge is -2.13. The van der Waals surface area contributed by atoms with Crippen LogP contribution in [0, 0.1) is 0 Å². The third-order valence-corrected chi connectivity index (χ3v) is 5.76. The second-order valence-corrected chi connectivity index (χ2v) is 8.27. The molecule has 160 valence electrons. The van der Waals surface area contributed by atoms with Crippen LogP contribution in [-0.4, -0.2) is 33.1 Å². The van der Waals surface area contributed by atoms with Gasteiger partial charge in [-0.2, -0.15) is 13.2 Å². The molecule has 1 aliphatic heterocycles. The van der Waals surface area contributed by atoms with Crippen LogP contribution in [0.1, 0.15) is 22.3 Å². The van der Waals surface area contributed by atoms with E-state index in [0.29, 0.717) is 6.07 Å². The Kier molecular flexibility index (Phi) is 5.95. The predicted octanol–water partition coefficient (Wildman–Crippen LogP) is 3.63. The van der Waals surface area contributed by atoms with E-state index in [-0.39, 0.29) is 29.3 Å². The van der Waals surface area contributed by atoms with E-state index in [9.17, 15) is 31.2 Å². The van der Waals surface area contributed by atoms with Gasteiger partial charge in [0.15, 0.2) is 0 Å². The number of benzene rings is 2. The molecule has 0 amide bonds. The van der Waals surface area contributed by atoms with Gasteiger partial charge in [-0.15, -0.1) is 0 Å². The van der Waals surface area contributed by atoms with Gasteiger partial charge in [-0.3, -0.25) is 4.72 Å². The predicted molar refractivity (Wildman–Crippen MR) is 98.5 cm³/mol. The monoisotopic (exact) mass is 463 g/mol. The first-order valence-electron chi connectivity index (χ1n) is 8.34. The second kappa shape index (κ2) is 8.15. The van der Waals surface area contributed by atoms with E-state index >= 15 is 0 Å². The second-order valence-electron chi connectivity index (χ2n) is 6.18. The zero-order valence-electron chi connectivity index (χ0n) is 14.9. The Morgan fingerprint density at radius 1 is 1.20 bits per heavy atom. The van der Waals surface area contributed by atoms with E-state index in [1.165, 1.54) is 0 Å². The molecule has 1 saturated heterocycles. The number of hydrogen-bond acceptors (Lipinski definition) is 6. The van der Waals surface area contributed by atoms with Crippen molar-refractivity contribution >= 4 is 39.3 Å². The number of esters is 2. The largest absolute Gasteiger partial charge is 0.463 e. The van der Waals surface area contributed by atoms with Crippen LogP contribution >= 0.6 is 11.6 Å². The first kappa shape index (κ1) is 21.9. The first-order chi connectivity index (χ1) is 14.0. The highest BCUT2D eigenvalue weighted by atomic mass is 35.5. The van der Waals surface area contributed by atoms with Crippen LogP contribution in [0.5, 0.6) is 0 Å². The van der Waals surface area contributed by atoms with E-state index in [1.54, 1.807) is 0 Å². The standard InChI is InChI=1S/C18H13ClF3NO6S/c19-14-5-4-12(9-13(14)16(24)29-15-6-7-28-17(15)25)30(26,27)23-11-3-1-2-10(8-11)18(20,21)22/h1-5,8-9,15,23H,6-7H2/t15-/m0/s1. The fraction of sp³-hybridized carbons (Fsp3) is 0.222. The maximum Gasteiger partial charge on any atom is 0.416 e. The maximum absolute atomic E-state index is 12.8. The maximum atomic E-state index is 12.8. The van der Waals surface area contributed by atoms with E-state index in [0.717, 1.165) is 36.4 Å². The van der Waals surface area contributed by atoms with E-state index in [4.69, 9.17) is 16.3 Å². The number of carbonyl (C=O) groups is 2. The summed E-state index contributed by atoms with van der Waals surface area (Å²) in [5.74, 6) is -1.77. The van der Waals surface area contributed by atoms with E-state index in [1.807, 2.05) is 4.72 Å². The van der Waals surface area contributed by atoms with Crippen LogP contribution < -0.4 is 4.72 Å². The smallest absolute Gasteiger partial charge is 0.416 e. The van der Waals surface area contributed by atoms with Gasteiger partial charge in [0.1, 0.15) is 0 Å². The van der Waals surface area contributed by atoms with Crippen molar-refractivity contribution in [2.45, 2.75) is 23.6 Å². The molecule has 0 spiro atoms. The van der Waals surface area contributed by atoms with Gasteiger partial charge in [-0.25, -0.2) is 18.0 Å². The number of ether oxygens (including phenoxy) is 2. The van der Waals surface area contributed by atoms with Crippen LogP contribution in [0.4, 0.5) is 18.9 Å². The van der Waals surface area contributed by atoms with E-state index < -0.39 is 44.7 Å². The molecule has 1 aliphatic rings. The number of rotatable bonds is 5. The van der Waals surface area contributed by atoms with E-state index in [2.05, 4.69) is 4.74 Å². The molecule has 0 radical (unpaired) electrons.